The molecule has 0 aliphatic carbocycles. The van der Waals surface area contributed by atoms with Gasteiger partial charge in [0.25, 0.3) is 0 Å². The number of carbonyl (C=O) groups is 2. The lowest BCUT2D eigenvalue weighted by molar-refractivity contribution is -0.171. The first-order valence-electron chi connectivity index (χ1n) is 9.36. The Morgan fingerprint density at radius 2 is 1.78 bits per heavy atom. The largest absolute Gasteiger partial charge is 0.468 e. The Labute approximate surface area is 162 Å². The van der Waals surface area contributed by atoms with Crippen molar-refractivity contribution in [2.45, 2.75) is 53.2 Å². The maximum Gasteiger partial charge on any atom is 0.335 e. The van der Waals surface area contributed by atoms with Gasteiger partial charge < -0.3 is 18.9 Å². The molecule has 0 aliphatic heterocycles. The van der Waals surface area contributed by atoms with E-state index in [1.807, 2.05) is 45.0 Å². The highest BCUT2D eigenvalue weighted by molar-refractivity contribution is 5.78. The summed E-state index contributed by atoms with van der Waals surface area (Å²) < 4.78 is 21.4. The molecular weight excluding hydrogens is 348 g/mol. The van der Waals surface area contributed by atoms with Crippen molar-refractivity contribution in [1.82, 2.24) is 0 Å². The minimum absolute atomic E-state index is 0.118. The summed E-state index contributed by atoms with van der Waals surface area (Å²) in [7, 11) is 1.31. The predicted octanol–water partition coefficient (Wildman–Crippen LogP) is 3.44. The average molecular weight is 380 g/mol. The summed E-state index contributed by atoms with van der Waals surface area (Å²) in [6, 6.07) is 7.92. The summed E-state index contributed by atoms with van der Waals surface area (Å²) in [5.41, 5.74) is 1.10. The van der Waals surface area contributed by atoms with E-state index in [0.717, 1.165) is 17.5 Å². The second-order valence-corrected chi connectivity index (χ2v) is 6.91. The van der Waals surface area contributed by atoms with Crippen molar-refractivity contribution >= 4 is 11.9 Å². The SMILES string of the molecule is CCCOCC(C)(COC(=O)C(CC)OCc1ccc(C)cc1)C(=O)OC. The fourth-order valence-electron chi connectivity index (χ4n) is 2.40. The lowest BCUT2D eigenvalue weighted by Crippen LogP contribution is -2.40. The smallest absolute Gasteiger partial charge is 0.335 e. The Morgan fingerprint density at radius 3 is 2.33 bits per heavy atom. The summed E-state index contributed by atoms with van der Waals surface area (Å²) >= 11 is 0. The Hall–Kier alpha value is -1.92. The number of methoxy groups -OCH3 is 1. The lowest BCUT2D eigenvalue weighted by atomic mass is 9.93. The molecule has 0 spiro atoms. The van der Waals surface area contributed by atoms with Crippen LogP contribution in [0.5, 0.6) is 0 Å². The van der Waals surface area contributed by atoms with Gasteiger partial charge in [-0.05, 0) is 32.3 Å². The van der Waals surface area contributed by atoms with E-state index in [1.165, 1.54) is 7.11 Å². The molecule has 0 heterocycles. The van der Waals surface area contributed by atoms with Crippen LogP contribution in [0.1, 0.15) is 44.7 Å². The standard InChI is InChI=1S/C21H32O6/c1-6-12-25-14-21(4,20(23)24-5)15-27-19(22)18(7-2)26-13-17-10-8-16(3)9-11-17/h8-11,18H,6-7,12-15H2,1-5H3. The maximum atomic E-state index is 12.4. The van der Waals surface area contributed by atoms with Gasteiger partial charge in [-0.15, -0.1) is 0 Å². The first kappa shape index (κ1) is 23.1. The normalized spacial score (nSPS) is 14.3. The topological polar surface area (TPSA) is 71.1 Å². The molecule has 27 heavy (non-hydrogen) atoms. The van der Waals surface area contributed by atoms with Crippen molar-refractivity contribution in [3.05, 3.63) is 35.4 Å². The van der Waals surface area contributed by atoms with Gasteiger partial charge in [-0.1, -0.05) is 43.7 Å². The number of carbonyl (C=O) groups excluding carboxylic acids is 2. The van der Waals surface area contributed by atoms with Crippen LogP contribution in [0.3, 0.4) is 0 Å². The molecule has 0 aliphatic rings. The van der Waals surface area contributed by atoms with Crippen LogP contribution in [0.25, 0.3) is 0 Å². The van der Waals surface area contributed by atoms with Crippen molar-refractivity contribution in [2.75, 3.05) is 26.9 Å². The summed E-state index contributed by atoms with van der Waals surface area (Å²) in [6.07, 6.45) is 0.623. The molecule has 0 saturated carbocycles. The third-order valence-corrected chi connectivity index (χ3v) is 4.19. The number of benzene rings is 1. The molecule has 152 valence electrons. The molecule has 1 rings (SSSR count). The maximum absolute atomic E-state index is 12.4. The van der Waals surface area contributed by atoms with Gasteiger partial charge >= 0.3 is 11.9 Å². The van der Waals surface area contributed by atoms with Crippen LogP contribution in [0, 0.1) is 12.3 Å². The Kier molecular flexibility index (Phi) is 10.0. The van der Waals surface area contributed by atoms with E-state index in [0.29, 0.717) is 19.6 Å². The Morgan fingerprint density at radius 1 is 1.11 bits per heavy atom. The van der Waals surface area contributed by atoms with Crippen molar-refractivity contribution in [1.29, 1.82) is 0 Å². The van der Waals surface area contributed by atoms with Crippen LogP contribution in [-0.2, 0) is 35.1 Å². The van der Waals surface area contributed by atoms with Crippen molar-refractivity contribution < 1.29 is 28.5 Å². The average Bonchev–Trinajstić information content (AvgIpc) is 2.67. The number of rotatable bonds is 12. The van der Waals surface area contributed by atoms with Gasteiger partial charge in [-0.2, -0.15) is 0 Å². The molecular formula is C21H32O6. The summed E-state index contributed by atoms with van der Waals surface area (Å²) in [4.78, 5) is 24.5. The summed E-state index contributed by atoms with van der Waals surface area (Å²) in [5.74, 6) is -0.963. The van der Waals surface area contributed by atoms with Crippen LogP contribution in [0.2, 0.25) is 0 Å². The van der Waals surface area contributed by atoms with Gasteiger partial charge in [0.2, 0.25) is 0 Å². The van der Waals surface area contributed by atoms with E-state index < -0.39 is 23.5 Å². The van der Waals surface area contributed by atoms with E-state index in [1.54, 1.807) is 6.92 Å². The molecule has 2 atom stereocenters. The minimum Gasteiger partial charge on any atom is -0.468 e. The number of ether oxygens (including phenoxy) is 4. The number of hydrogen-bond acceptors (Lipinski definition) is 6. The van der Waals surface area contributed by atoms with E-state index in [2.05, 4.69) is 0 Å². The van der Waals surface area contributed by atoms with Crippen LogP contribution < -0.4 is 0 Å². The molecule has 2 unspecified atom stereocenters. The van der Waals surface area contributed by atoms with E-state index in [-0.39, 0.29) is 13.2 Å². The number of aryl methyl sites for hydroxylation is 1. The molecule has 6 nitrogen and oxygen atoms in total. The van der Waals surface area contributed by atoms with Gasteiger partial charge in [0.05, 0.1) is 20.3 Å². The monoisotopic (exact) mass is 380 g/mol. The van der Waals surface area contributed by atoms with Crippen LogP contribution in [0.4, 0.5) is 0 Å². The zero-order valence-corrected chi connectivity index (χ0v) is 17.1. The van der Waals surface area contributed by atoms with E-state index >= 15 is 0 Å². The lowest BCUT2D eigenvalue weighted by Gasteiger charge is -2.26. The first-order valence-corrected chi connectivity index (χ1v) is 9.36. The molecule has 1 aromatic carbocycles. The fourth-order valence-corrected chi connectivity index (χ4v) is 2.40. The van der Waals surface area contributed by atoms with Gasteiger partial charge in [-0.3, -0.25) is 4.79 Å². The van der Waals surface area contributed by atoms with E-state index in [4.69, 9.17) is 18.9 Å². The fraction of sp³-hybridized carbons (Fsp3) is 0.619. The number of esters is 2. The molecule has 6 heteroatoms. The molecule has 0 amide bonds. The van der Waals surface area contributed by atoms with E-state index in [9.17, 15) is 9.59 Å². The highest BCUT2D eigenvalue weighted by Gasteiger charge is 2.37. The van der Waals surface area contributed by atoms with Crippen molar-refractivity contribution in [3.8, 4) is 0 Å². The molecule has 0 radical (unpaired) electrons. The Balaban J connectivity index is 2.60. The molecule has 0 bridgehead atoms. The zero-order chi connectivity index (χ0) is 20.3. The Bertz CT molecular complexity index is 583. The predicted molar refractivity (Wildman–Crippen MR) is 102 cm³/mol. The third-order valence-electron chi connectivity index (χ3n) is 4.19. The van der Waals surface area contributed by atoms with Crippen molar-refractivity contribution in [3.63, 3.8) is 0 Å². The number of hydrogen-bond donors (Lipinski definition) is 0. The molecule has 0 aromatic heterocycles. The second kappa shape index (κ2) is 11.7. The quantitative estimate of drug-likeness (QED) is 0.409. The van der Waals surface area contributed by atoms with Crippen LogP contribution in [0.15, 0.2) is 24.3 Å². The van der Waals surface area contributed by atoms with Gasteiger partial charge in [0, 0.05) is 6.61 Å². The summed E-state index contributed by atoms with van der Waals surface area (Å²) in [5, 5.41) is 0. The second-order valence-electron chi connectivity index (χ2n) is 6.91. The zero-order valence-electron chi connectivity index (χ0n) is 17.1. The molecule has 1 aromatic rings. The van der Waals surface area contributed by atoms with Crippen molar-refractivity contribution in [2.24, 2.45) is 5.41 Å². The highest BCUT2D eigenvalue weighted by atomic mass is 16.6. The van der Waals surface area contributed by atoms with Gasteiger partial charge in [0.15, 0.2) is 6.10 Å². The van der Waals surface area contributed by atoms with Crippen LogP contribution >= 0.6 is 0 Å². The first-order chi connectivity index (χ1) is 12.9. The molecule has 0 saturated heterocycles. The molecule has 0 fully saturated rings. The third kappa shape index (κ3) is 7.69. The highest BCUT2D eigenvalue weighted by Crippen LogP contribution is 2.21. The van der Waals surface area contributed by atoms with Crippen LogP contribution in [-0.4, -0.2) is 45.0 Å². The van der Waals surface area contributed by atoms with Gasteiger partial charge in [0.1, 0.15) is 12.0 Å². The molecule has 0 N–H and O–H groups in total. The minimum atomic E-state index is -1.05. The summed E-state index contributed by atoms with van der Waals surface area (Å²) in [6.45, 7) is 8.36. The van der Waals surface area contributed by atoms with Gasteiger partial charge in [-0.25, -0.2) is 4.79 Å².